The SMILES string of the molecule is CO[SiH2]C(C)(C)CCCCCCCNCCC[Si](OC)(OC)OC. The summed E-state index contributed by atoms with van der Waals surface area (Å²) in [5.74, 6) is 0. The molecule has 0 spiro atoms. The van der Waals surface area contributed by atoms with Crippen LogP contribution < -0.4 is 5.32 Å². The highest BCUT2D eigenvalue weighted by atomic mass is 28.4. The predicted octanol–water partition coefficient (Wildman–Crippen LogP) is 3.11. The van der Waals surface area contributed by atoms with Gasteiger partial charge in [-0.25, -0.2) is 0 Å². The number of unbranched alkanes of at least 4 members (excludes halogenated alkanes) is 4. The molecule has 0 atom stereocenters. The fraction of sp³-hybridized carbons (Fsp3) is 1.00. The molecule has 0 fully saturated rings. The third-order valence-corrected chi connectivity index (χ3v) is 8.77. The first-order valence-corrected chi connectivity index (χ1v) is 12.5. The minimum absolute atomic E-state index is 0.356. The molecule has 0 aromatic carbocycles. The standard InChI is InChI=1S/C17H41NO4Si2/c1-17(2,23-19-3)13-10-8-7-9-11-14-18-15-12-16-24(20-4,21-5)22-6/h18H,7-16,23H2,1-6H3. The highest BCUT2D eigenvalue weighted by Crippen LogP contribution is 2.30. The Kier molecular flexibility index (Phi) is 14.5. The molecule has 1 N–H and O–H groups in total. The summed E-state index contributed by atoms with van der Waals surface area (Å²) in [7, 11) is 4.13. The molecule has 5 nitrogen and oxygen atoms in total. The average molecular weight is 380 g/mol. The van der Waals surface area contributed by atoms with Crippen LogP contribution >= 0.6 is 0 Å². The molecule has 24 heavy (non-hydrogen) atoms. The summed E-state index contributed by atoms with van der Waals surface area (Å²) in [6.07, 6.45) is 8.97. The van der Waals surface area contributed by atoms with Gasteiger partial charge in [0.25, 0.3) is 0 Å². The minimum Gasteiger partial charge on any atom is -0.427 e. The van der Waals surface area contributed by atoms with Gasteiger partial charge in [-0.15, -0.1) is 0 Å². The molecule has 0 unspecified atom stereocenters. The first kappa shape index (κ1) is 24.2. The molecule has 0 aliphatic rings. The molecule has 146 valence electrons. The van der Waals surface area contributed by atoms with Crippen molar-refractivity contribution in [2.24, 2.45) is 0 Å². The monoisotopic (exact) mass is 379 g/mol. The average Bonchev–Trinajstić information content (AvgIpc) is 2.56. The molecule has 0 aliphatic carbocycles. The van der Waals surface area contributed by atoms with Crippen LogP contribution in [0.25, 0.3) is 0 Å². The van der Waals surface area contributed by atoms with Gasteiger partial charge in [0.1, 0.15) is 0 Å². The van der Waals surface area contributed by atoms with Gasteiger partial charge in [-0.1, -0.05) is 39.5 Å². The van der Waals surface area contributed by atoms with Crippen LogP contribution in [0.1, 0.15) is 58.8 Å². The summed E-state index contributed by atoms with van der Waals surface area (Å²) in [5, 5.41) is 3.97. The first-order valence-electron chi connectivity index (χ1n) is 9.30. The van der Waals surface area contributed by atoms with Crippen molar-refractivity contribution in [2.75, 3.05) is 41.5 Å². The Morgan fingerprint density at radius 1 is 0.792 bits per heavy atom. The van der Waals surface area contributed by atoms with Gasteiger partial charge < -0.3 is 23.0 Å². The van der Waals surface area contributed by atoms with Crippen LogP contribution in [-0.4, -0.2) is 60.1 Å². The summed E-state index contributed by atoms with van der Waals surface area (Å²) in [4.78, 5) is 0. The van der Waals surface area contributed by atoms with Gasteiger partial charge >= 0.3 is 8.80 Å². The van der Waals surface area contributed by atoms with Gasteiger partial charge in [0.15, 0.2) is 9.76 Å². The topological polar surface area (TPSA) is 49.0 Å². The predicted molar refractivity (Wildman–Crippen MR) is 106 cm³/mol. The lowest BCUT2D eigenvalue weighted by atomic mass is 10.0. The van der Waals surface area contributed by atoms with E-state index in [1.165, 1.54) is 38.5 Å². The third kappa shape index (κ3) is 11.7. The van der Waals surface area contributed by atoms with E-state index in [1.54, 1.807) is 21.3 Å². The Morgan fingerprint density at radius 3 is 1.92 bits per heavy atom. The van der Waals surface area contributed by atoms with Crippen LogP contribution in [0.2, 0.25) is 11.1 Å². The van der Waals surface area contributed by atoms with Gasteiger partial charge in [0, 0.05) is 34.5 Å². The summed E-state index contributed by atoms with van der Waals surface area (Å²) in [5.41, 5.74) is 0. The van der Waals surface area contributed by atoms with Crippen LogP contribution in [0.3, 0.4) is 0 Å². The van der Waals surface area contributed by atoms with Crippen molar-refractivity contribution in [3.8, 4) is 0 Å². The zero-order chi connectivity index (χ0) is 18.3. The smallest absolute Gasteiger partial charge is 0.427 e. The van der Waals surface area contributed by atoms with Crippen molar-refractivity contribution in [2.45, 2.75) is 69.9 Å². The zero-order valence-electron chi connectivity index (χ0n) is 16.9. The number of hydrogen-bond donors (Lipinski definition) is 1. The largest absolute Gasteiger partial charge is 0.500 e. The number of rotatable bonds is 17. The molecule has 7 heteroatoms. The van der Waals surface area contributed by atoms with Crippen molar-refractivity contribution < 1.29 is 17.7 Å². The fourth-order valence-electron chi connectivity index (χ4n) is 2.96. The molecule has 0 radical (unpaired) electrons. The van der Waals surface area contributed by atoms with Crippen LogP contribution in [-0.2, 0) is 17.7 Å². The molecule has 0 heterocycles. The lowest BCUT2D eigenvalue weighted by Gasteiger charge is -2.24. The molecule has 0 amide bonds. The Bertz CT molecular complexity index is 281. The molecular formula is C17H41NO4Si2. The Hall–Kier alpha value is 0.234. The highest BCUT2D eigenvalue weighted by molar-refractivity contribution is 6.60. The van der Waals surface area contributed by atoms with E-state index in [1.807, 2.05) is 7.11 Å². The normalized spacial score (nSPS) is 13.2. The molecule has 0 aromatic rings. The van der Waals surface area contributed by atoms with E-state index in [-0.39, 0.29) is 9.76 Å². The molecule has 0 rings (SSSR count). The lowest BCUT2D eigenvalue weighted by molar-refractivity contribution is 0.123. The van der Waals surface area contributed by atoms with E-state index >= 15 is 0 Å². The van der Waals surface area contributed by atoms with E-state index in [2.05, 4.69) is 19.2 Å². The maximum Gasteiger partial charge on any atom is 0.500 e. The minimum atomic E-state index is -2.38. The van der Waals surface area contributed by atoms with Crippen molar-refractivity contribution >= 4 is 18.6 Å². The number of hydrogen-bond acceptors (Lipinski definition) is 5. The van der Waals surface area contributed by atoms with Gasteiger partial charge in [-0.05, 0) is 37.4 Å². The van der Waals surface area contributed by atoms with Crippen molar-refractivity contribution in [3.05, 3.63) is 0 Å². The van der Waals surface area contributed by atoms with Crippen LogP contribution in [0.4, 0.5) is 0 Å². The third-order valence-electron chi connectivity index (χ3n) is 4.51. The van der Waals surface area contributed by atoms with E-state index in [0.29, 0.717) is 5.04 Å². The lowest BCUT2D eigenvalue weighted by Crippen LogP contribution is -2.43. The second-order valence-corrected chi connectivity index (χ2v) is 13.1. The van der Waals surface area contributed by atoms with E-state index in [0.717, 1.165) is 25.6 Å². The van der Waals surface area contributed by atoms with Crippen molar-refractivity contribution in [1.29, 1.82) is 0 Å². The maximum atomic E-state index is 5.42. The van der Waals surface area contributed by atoms with Crippen LogP contribution in [0.5, 0.6) is 0 Å². The van der Waals surface area contributed by atoms with Crippen LogP contribution in [0.15, 0.2) is 0 Å². The zero-order valence-corrected chi connectivity index (χ0v) is 19.3. The molecular weight excluding hydrogens is 338 g/mol. The van der Waals surface area contributed by atoms with E-state index in [9.17, 15) is 0 Å². The van der Waals surface area contributed by atoms with E-state index < -0.39 is 8.80 Å². The Labute approximate surface area is 153 Å². The van der Waals surface area contributed by atoms with Gasteiger partial charge in [0.05, 0.1) is 0 Å². The quantitative estimate of drug-likeness (QED) is 0.311. The second-order valence-electron chi connectivity index (χ2n) is 7.26. The Balaban J connectivity index is 3.43. The highest BCUT2D eigenvalue weighted by Gasteiger charge is 2.36. The van der Waals surface area contributed by atoms with Crippen molar-refractivity contribution in [1.82, 2.24) is 5.32 Å². The molecule has 0 saturated heterocycles. The summed E-state index contributed by atoms with van der Waals surface area (Å²) >= 11 is 0. The maximum absolute atomic E-state index is 5.42. The fourth-order valence-corrected chi connectivity index (χ4v) is 5.86. The summed E-state index contributed by atoms with van der Waals surface area (Å²) in [6, 6.07) is 0.865. The number of nitrogens with one attached hydrogen (secondary N) is 1. The van der Waals surface area contributed by atoms with Gasteiger partial charge in [-0.2, -0.15) is 0 Å². The molecule has 0 aliphatic heterocycles. The molecule has 0 saturated carbocycles. The summed E-state index contributed by atoms with van der Waals surface area (Å²) < 4.78 is 21.7. The Morgan fingerprint density at radius 2 is 1.33 bits per heavy atom. The molecule has 0 aromatic heterocycles. The van der Waals surface area contributed by atoms with Crippen LogP contribution in [0, 0.1) is 0 Å². The van der Waals surface area contributed by atoms with Crippen molar-refractivity contribution in [3.63, 3.8) is 0 Å². The first-order chi connectivity index (χ1) is 11.4. The second kappa shape index (κ2) is 14.4. The van der Waals surface area contributed by atoms with Gasteiger partial charge in [0.2, 0.25) is 0 Å². The van der Waals surface area contributed by atoms with Gasteiger partial charge in [-0.3, -0.25) is 0 Å². The van der Waals surface area contributed by atoms with E-state index in [4.69, 9.17) is 17.7 Å². The summed E-state index contributed by atoms with van der Waals surface area (Å²) in [6.45, 7) is 6.80. The molecule has 0 bridgehead atoms.